The van der Waals surface area contributed by atoms with E-state index in [9.17, 15) is 8.42 Å². The van der Waals surface area contributed by atoms with E-state index in [1.54, 1.807) is 6.20 Å². The zero-order valence-electron chi connectivity index (χ0n) is 10.6. The van der Waals surface area contributed by atoms with Gasteiger partial charge in [-0.25, -0.2) is 17.7 Å². The highest BCUT2D eigenvalue weighted by Crippen LogP contribution is 2.27. The SMILES string of the molecule is Cc1c(N)cnc(NCCS(=O)(=O)N(C)C)c1Br. The molecule has 0 saturated carbocycles. The zero-order chi connectivity index (χ0) is 13.9. The quantitative estimate of drug-likeness (QED) is 0.838. The van der Waals surface area contributed by atoms with Crippen LogP contribution >= 0.6 is 15.9 Å². The summed E-state index contributed by atoms with van der Waals surface area (Å²) in [4.78, 5) is 4.11. The minimum Gasteiger partial charge on any atom is -0.397 e. The van der Waals surface area contributed by atoms with Gasteiger partial charge in [-0.15, -0.1) is 0 Å². The minimum atomic E-state index is -3.20. The third kappa shape index (κ3) is 3.56. The maximum Gasteiger partial charge on any atom is 0.215 e. The highest BCUT2D eigenvalue weighted by molar-refractivity contribution is 9.10. The Morgan fingerprint density at radius 1 is 1.50 bits per heavy atom. The van der Waals surface area contributed by atoms with E-state index >= 15 is 0 Å². The number of pyridine rings is 1. The minimum absolute atomic E-state index is 0.0115. The molecule has 0 saturated heterocycles. The summed E-state index contributed by atoms with van der Waals surface area (Å²) in [6, 6.07) is 0. The molecule has 18 heavy (non-hydrogen) atoms. The van der Waals surface area contributed by atoms with Crippen molar-refractivity contribution >= 4 is 37.5 Å². The standard InChI is InChI=1S/C10H17BrN4O2S/c1-7-8(12)6-14-10(9(7)11)13-4-5-18(16,17)15(2)3/h6H,4-5,12H2,1-3H3,(H,13,14). The van der Waals surface area contributed by atoms with Gasteiger partial charge in [0.05, 0.1) is 22.1 Å². The topological polar surface area (TPSA) is 88.3 Å². The molecule has 0 amide bonds. The molecule has 8 heteroatoms. The van der Waals surface area contributed by atoms with Gasteiger partial charge < -0.3 is 11.1 Å². The molecule has 0 spiro atoms. The number of halogens is 1. The molecule has 0 aliphatic heterocycles. The van der Waals surface area contributed by atoms with Crippen molar-refractivity contribution in [2.24, 2.45) is 0 Å². The third-order valence-corrected chi connectivity index (χ3v) is 5.31. The number of nitrogens with zero attached hydrogens (tertiary/aromatic N) is 2. The van der Waals surface area contributed by atoms with Crippen LogP contribution in [0.3, 0.4) is 0 Å². The van der Waals surface area contributed by atoms with E-state index in [0.717, 1.165) is 10.0 Å². The fraction of sp³-hybridized carbons (Fsp3) is 0.500. The van der Waals surface area contributed by atoms with Crippen molar-refractivity contribution in [3.63, 3.8) is 0 Å². The Hall–Kier alpha value is -0.860. The molecule has 1 aromatic rings. The predicted octanol–water partition coefficient (Wildman–Crippen LogP) is 1.04. The lowest BCUT2D eigenvalue weighted by Gasteiger charge is -2.13. The number of hydrogen-bond acceptors (Lipinski definition) is 5. The number of nitrogens with two attached hydrogens (primary N) is 1. The van der Waals surface area contributed by atoms with Crippen LogP contribution in [0.25, 0.3) is 0 Å². The van der Waals surface area contributed by atoms with Gasteiger partial charge in [0.15, 0.2) is 0 Å². The van der Waals surface area contributed by atoms with E-state index in [4.69, 9.17) is 5.73 Å². The summed E-state index contributed by atoms with van der Waals surface area (Å²) in [5.74, 6) is 0.605. The van der Waals surface area contributed by atoms with Crippen LogP contribution in [-0.2, 0) is 10.0 Å². The number of rotatable bonds is 5. The molecule has 0 bridgehead atoms. The molecular formula is C10H17BrN4O2S. The lowest BCUT2D eigenvalue weighted by atomic mass is 10.2. The van der Waals surface area contributed by atoms with Crippen LogP contribution < -0.4 is 11.1 Å². The first-order valence-corrected chi connectivity index (χ1v) is 7.70. The van der Waals surface area contributed by atoms with Gasteiger partial charge in [-0.05, 0) is 28.4 Å². The van der Waals surface area contributed by atoms with Crippen LogP contribution in [0.4, 0.5) is 11.5 Å². The van der Waals surface area contributed by atoms with E-state index in [1.165, 1.54) is 18.4 Å². The van der Waals surface area contributed by atoms with Crippen molar-refractivity contribution in [3.8, 4) is 0 Å². The highest BCUT2D eigenvalue weighted by atomic mass is 79.9. The molecule has 0 radical (unpaired) electrons. The molecule has 0 aliphatic carbocycles. The van der Waals surface area contributed by atoms with Gasteiger partial charge >= 0.3 is 0 Å². The number of sulfonamides is 1. The second-order valence-corrected chi connectivity index (χ2v) is 7.12. The molecule has 0 aliphatic rings. The van der Waals surface area contributed by atoms with Gasteiger partial charge in [-0.1, -0.05) is 0 Å². The van der Waals surface area contributed by atoms with Crippen molar-refractivity contribution in [2.45, 2.75) is 6.92 Å². The van der Waals surface area contributed by atoms with Gasteiger partial charge in [-0.3, -0.25) is 0 Å². The van der Waals surface area contributed by atoms with E-state index < -0.39 is 10.0 Å². The maximum absolute atomic E-state index is 11.6. The fourth-order valence-corrected chi connectivity index (χ4v) is 2.39. The van der Waals surface area contributed by atoms with Crippen molar-refractivity contribution in [3.05, 3.63) is 16.2 Å². The molecule has 1 rings (SSSR count). The fourth-order valence-electron chi connectivity index (χ4n) is 1.20. The van der Waals surface area contributed by atoms with Crippen LogP contribution in [0.1, 0.15) is 5.56 Å². The largest absolute Gasteiger partial charge is 0.397 e. The molecular weight excluding hydrogens is 320 g/mol. The third-order valence-electron chi connectivity index (χ3n) is 2.51. The average Bonchev–Trinajstić information content (AvgIpc) is 2.29. The average molecular weight is 337 g/mol. The van der Waals surface area contributed by atoms with Crippen molar-refractivity contribution in [2.75, 3.05) is 37.4 Å². The summed E-state index contributed by atoms with van der Waals surface area (Å²) < 4.78 is 25.1. The smallest absolute Gasteiger partial charge is 0.215 e. The number of hydrogen-bond donors (Lipinski definition) is 2. The highest BCUT2D eigenvalue weighted by Gasteiger charge is 2.13. The van der Waals surface area contributed by atoms with E-state index in [0.29, 0.717) is 11.5 Å². The second-order valence-electron chi connectivity index (χ2n) is 4.03. The van der Waals surface area contributed by atoms with Crippen LogP contribution in [0, 0.1) is 6.92 Å². The first kappa shape index (κ1) is 15.2. The molecule has 0 fully saturated rings. The first-order valence-electron chi connectivity index (χ1n) is 5.30. The van der Waals surface area contributed by atoms with Crippen LogP contribution in [0.5, 0.6) is 0 Å². The van der Waals surface area contributed by atoms with Gasteiger partial charge in [0.2, 0.25) is 10.0 Å². The van der Waals surface area contributed by atoms with E-state index in [1.807, 2.05) is 6.92 Å². The monoisotopic (exact) mass is 336 g/mol. The van der Waals surface area contributed by atoms with E-state index in [-0.39, 0.29) is 12.3 Å². The lowest BCUT2D eigenvalue weighted by Crippen LogP contribution is -2.28. The lowest BCUT2D eigenvalue weighted by molar-refractivity contribution is 0.521. The molecule has 102 valence electrons. The van der Waals surface area contributed by atoms with Crippen molar-refractivity contribution < 1.29 is 8.42 Å². The Bertz CT molecular complexity index is 531. The zero-order valence-corrected chi connectivity index (χ0v) is 13.0. The van der Waals surface area contributed by atoms with Crippen LogP contribution in [-0.4, -0.2) is 44.1 Å². The van der Waals surface area contributed by atoms with Crippen molar-refractivity contribution in [1.29, 1.82) is 0 Å². The van der Waals surface area contributed by atoms with Crippen LogP contribution in [0.2, 0.25) is 0 Å². The Morgan fingerprint density at radius 2 is 2.11 bits per heavy atom. The Kier molecular flexibility index (Phi) is 4.94. The summed E-state index contributed by atoms with van der Waals surface area (Å²) in [7, 11) is -0.175. The first-order chi connectivity index (χ1) is 8.25. The molecule has 0 aromatic carbocycles. The molecule has 0 unspecified atom stereocenters. The van der Waals surface area contributed by atoms with Crippen molar-refractivity contribution in [1.82, 2.24) is 9.29 Å². The molecule has 6 nitrogen and oxygen atoms in total. The summed E-state index contributed by atoms with van der Waals surface area (Å²) in [5, 5.41) is 2.97. The second kappa shape index (κ2) is 5.85. The Labute approximate surface area is 116 Å². The van der Waals surface area contributed by atoms with Gasteiger partial charge in [0, 0.05) is 20.6 Å². The number of anilines is 2. The summed E-state index contributed by atoms with van der Waals surface area (Å²) in [6.45, 7) is 2.15. The number of aromatic nitrogens is 1. The summed E-state index contributed by atoms with van der Waals surface area (Å²) in [5.41, 5.74) is 7.17. The van der Waals surface area contributed by atoms with Crippen LogP contribution in [0.15, 0.2) is 10.7 Å². The van der Waals surface area contributed by atoms with Gasteiger partial charge in [0.1, 0.15) is 5.82 Å². The Morgan fingerprint density at radius 3 is 2.67 bits per heavy atom. The summed E-state index contributed by atoms with van der Waals surface area (Å²) in [6.07, 6.45) is 1.54. The maximum atomic E-state index is 11.6. The molecule has 0 atom stereocenters. The van der Waals surface area contributed by atoms with Gasteiger partial charge in [-0.2, -0.15) is 0 Å². The van der Waals surface area contributed by atoms with E-state index in [2.05, 4.69) is 26.2 Å². The predicted molar refractivity (Wildman–Crippen MR) is 77.0 cm³/mol. The Balaban J connectivity index is 2.69. The number of nitrogen functional groups attached to an aromatic ring is 1. The van der Waals surface area contributed by atoms with Gasteiger partial charge in [0.25, 0.3) is 0 Å². The molecule has 1 aromatic heterocycles. The molecule has 1 heterocycles. The number of nitrogens with one attached hydrogen (secondary N) is 1. The normalized spacial score (nSPS) is 11.8. The molecule has 3 N–H and O–H groups in total. The summed E-state index contributed by atoms with van der Waals surface area (Å²) >= 11 is 3.38.